The highest BCUT2D eigenvalue weighted by molar-refractivity contribution is 6.32. The number of hydrogen-bond donors (Lipinski definition) is 4. The van der Waals surface area contributed by atoms with Gasteiger partial charge in [0, 0.05) is 5.92 Å². The topological polar surface area (TPSA) is 175 Å². The number of rotatable bonds is 3. The highest BCUT2D eigenvalue weighted by Crippen LogP contribution is 2.55. The van der Waals surface area contributed by atoms with Crippen LogP contribution in [-0.4, -0.2) is 81.1 Å². The number of fused-ring (bicyclic) bond motifs is 3. The van der Waals surface area contributed by atoms with Gasteiger partial charge in [-0.05, 0) is 43.3 Å². The van der Waals surface area contributed by atoms with E-state index < -0.39 is 82.1 Å². The van der Waals surface area contributed by atoms with Crippen molar-refractivity contribution in [2.75, 3.05) is 14.1 Å². The number of likely N-dealkylation sites (N-methyl/N-ethyl adjacent to an activating group) is 1. The molecule has 5 N–H and O–H groups in total. The van der Waals surface area contributed by atoms with Crippen molar-refractivity contribution in [2.24, 2.45) is 29.4 Å². The molecule has 3 aliphatic carbocycles. The molecule has 0 saturated heterocycles. The van der Waals surface area contributed by atoms with Crippen LogP contribution in [0.25, 0.3) is 6.08 Å². The van der Waals surface area contributed by atoms with Gasteiger partial charge in [-0.25, -0.2) is 0 Å². The lowest BCUT2D eigenvalue weighted by molar-refractivity contribution is -0.196. The maximum atomic E-state index is 13.8. The molecule has 1 amide bonds. The number of ketones is 4. The Hall–Kier alpha value is -3.43. The van der Waals surface area contributed by atoms with E-state index >= 15 is 0 Å². The van der Waals surface area contributed by atoms with Crippen molar-refractivity contribution in [3.63, 3.8) is 0 Å². The molecule has 8 atom stereocenters. The Morgan fingerprint density at radius 1 is 1.20 bits per heavy atom. The summed E-state index contributed by atoms with van der Waals surface area (Å²) in [5, 5.41) is 33.6. The Morgan fingerprint density at radius 2 is 1.83 bits per heavy atom. The number of Topliss-reactive ketones (excluding diaryl/α,β-unsaturated/α-hetero) is 4. The van der Waals surface area contributed by atoms with Gasteiger partial charge in [-0.2, -0.15) is 0 Å². The number of hydrogen-bond acceptors (Lipinski definition) is 9. The summed E-state index contributed by atoms with van der Waals surface area (Å²) in [6, 6.07) is 1.40. The van der Waals surface area contributed by atoms with Gasteiger partial charge in [-0.3, -0.25) is 28.9 Å². The van der Waals surface area contributed by atoms with Gasteiger partial charge in [0.15, 0.2) is 34.7 Å². The first-order valence-electron chi connectivity index (χ1n) is 11.1. The standard InChI is InChI=1S/C25H26N2O8/c1-5-6-10-7-8-11(28)14-12(10)9(2)13-15(19(14)29)22(32)25(35)17(20(13)30)18(27(3)4)21(31)16(23(25)33)24(26)34/h6-9,13,15-18,20,28,30,35H,1H2,2-4H3,(H2,26,34)/t9-,13+,15?,16?,17+,18?,20-,25-/m0/s1. The van der Waals surface area contributed by atoms with Crippen molar-refractivity contribution >= 4 is 35.1 Å². The third-order valence-electron chi connectivity index (χ3n) is 7.76. The summed E-state index contributed by atoms with van der Waals surface area (Å²) in [5.41, 5.74) is 5.55. The van der Waals surface area contributed by atoms with Gasteiger partial charge in [-0.15, -0.1) is 5.73 Å². The zero-order valence-corrected chi connectivity index (χ0v) is 19.4. The van der Waals surface area contributed by atoms with Crippen LogP contribution < -0.4 is 5.73 Å². The Kier molecular flexibility index (Phi) is 5.69. The second-order valence-corrected chi connectivity index (χ2v) is 9.68. The normalized spacial score (nSPS) is 36.2. The lowest BCUT2D eigenvalue weighted by Gasteiger charge is -2.56. The zero-order chi connectivity index (χ0) is 26.1. The average molecular weight is 482 g/mol. The van der Waals surface area contributed by atoms with Crippen LogP contribution in [-0.2, 0) is 19.2 Å². The molecule has 3 unspecified atom stereocenters. The quantitative estimate of drug-likeness (QED) is 0.317. The van der Waals surface area contributed by atoms with Gasteiger partial charge in [0.05, 0.1) is 29.5 Å². The number of benzene rings is 1. The van der Waals surface area contributed by atoms with E-state index in [1.807, 2.05) is 0 Å². The molecule has 1 aromatic carbocycles. The minimum Gasteiger partial charge on any atom is -0.507 e. The predicted octanol–water partition coefficient (Wildman–Crippen LogP) is -0.803. The fraction of sp³-hybridized carbons (Fsp3) is 0.440. The number of primary amides is 1. The molecule has 0 aromatic heterocycles. The van der Waals surface area contributed by atoms with Crippen molar-refractivity contribution in [3.8, 4) is 5.75 Å². The van der Waals surface area contributed by atoms with Gasteiger partial charge >= 0.3 is 0 Å². The number of phenols is 1. The van der Waals surface area contributed by atoms with Crippen LogP contribution in [0.15, 0.2) is 24.4 Å². The van der Waals surface area contributed by atoms with Crippen LogP contribution in [0.5, 0.6) is 5.75 Å². The molecular weight excluding hydrogens is 456 g/mol. The maximum absolute atomic E-state index is 13.8. The number of aliphatic hydroxyl groups excluding tert-OH is 1. The van der Waals surface area contributed by atoms with Crippen molar-refractivity contribution in [2.45, 2.75) is 30.6 Å². The fourth-order valence-electron chi connectivity index (χ4n) is 6.34. The summed E-state index contributed by atoms with van der Waals surface area (Å²) in [6.45, 7) is 5.17. The highest BCUT2D eigenvalue weighted by atomic mass is 16.3. The van der Waals surface area contributed by atoms with E-state index in [9.17, 15) is 39.3 Å². The third-order valence-corrected chi connectivity index (χ3v) is 7.76. The molecule has 0 heterocycles. The first-order valence-corrected chi connectivity index (χ1v) is 11.1. The number of carbonyl (C=O) groups is 5. The van der Waals surface area contributed by atoms with Crippen molar-refractivity contribution in [1.82, 2.24) is 4.90 Å². The summed E-state index contributed by atoms with van der Waals surface area (Å²) < 4.78 is 0. The van der Waals surface area contributed by atoms with Gasteiger partial charge in [-0.1, -0.05) is 19.6 Å². The molecule has 10 nitrogen and oxygen atoms in total. The van der Waals surface area contributed by atoms with Gasteiger partial charge in [0.25, 0.3) is 0 Å². The molecule has 2 saturated carbocycles. The number of phenolic OH excluding ortho intramolecular Hbond substituents is 1. The minimum absolute atomic E-state index is 0.166. The van der Waals surface area contributed by atoms with Crippen molar-refractivity contribution in [3.05, 3.63) is 41.1 Å². The largest absolute Gasteiger partial charge is 0.507 e. The smallest absolute Gasteiger partial charge is 0.235 e. The number of nitrogens with two attached hydrogens (primary N) is 1. The van der Waals surface area contributed by atoms with E-state index in [-0.39, 0.29) is 5.56 Å². The van der Waals surface area contributed by atoms with E-state index in [1.54, 1.807) is 6.92 Å². The van der Waals surface area contributed by atoms with Crippen LogP contribution in [0.2, 0.25) is 0 Å². The molecule has 1 aromatic rings. The van der Waals surface area contributed by atoms with Crippen LogP contribution in [0.4, 0.5) is 0 Å². The summed E-state index contributed by atoms with van der Waals surface area (Å²) >= 11 is 0. The molecule has 0 spiro atoms. The first kappa shape index (κ1) is 24.7. The third kappa shape index (κ3) is 3.04. The average Bonchev–Trinajstić information content (AvgIpc) is 2.77. The number of amides is 1. The van der Waals surface area contributed by atoms with Crippen molar-refractivity contribution in [1.29, 1.82) is 0 Å². The molecule has 3 aliphatic rings. The van der Waals surface area contributed by atoms with Crippen molar-refractivity contribution < 1.29 is 39.3 Å². The predicted molar refractivity (Wildman–Crippen MR) is 121 cm³/mol. The van der Waals surface area contributed by atoms with Crippen LogP contribution in [0.3, 0.4) is 0 Å². The van der Waals surface area contributed by atoms with Gasteiger partial charge in [0.2, 0.25) is 5.91 Å². The SMILES string of the molecule is C=C=Cc1ccc(O)c2c1[C@H](C)[C@@H]1C(C2=O)C(=O)[C@]2(O)C(=O)C(C(N)=O)C(=O)C(N(C)C)[C@@H]2[C@H]1O. The minimum atomic E-state index is -3.01. The maximum Gasteiger partial charge on any atom is 0.235 e. The van der Waals surface area contributed by atoms with E-state index in [2.05, 4.69) is 12.3 Å². The molecule has 0 bridgehead atoms. The molecule has 10 heteroatoms. The number of aromatic hydroxyl groups is 1. The lowest BCUT2D eigenvalue weighted by atomic mass is 9.49. The molecule has 0 aliphatic heterocycles. The summed E-state index contributed by atoms with van der Waals surface area (Å²) in [5.74, 6) is -13.5. The molecular formula is C25H26N2O8. The summed E-state index contributed by atoms with van der Waals surface area (Å²) in [4.78, 5) is 67.2. The highest BCUT2D eigenvalue weighted by Gasteiger charge is 2.72. The summed E-state index contributed by atoms with van der Waals surface area (Å²) in [6.07, 6.45) is -0.185. The zero-order valence-electron chi connectivity index (χ0n) is 19.4. The Balaban J connectivity index is 2.00. The van der Waals surface area contributed by atoms with Gasteiger partial charge < -0.3 is 21.1 Å². The number of carbonyl (C=O) groups excluding carboxylic acids is 5. The fourth-order valence-corrected chi connectivity index (χ4v) is 6.34. The Labute approximate surface area is 200 Å². The van der Waals surface area contributed by atoms with E-state index in [0.29, 0.717) is 11.1 Å². The second-order valence-electron chi connectivity index (χ2n) is 9.68. The monoisotopic (exact) mass is 482 g/mol. The molecule has 2 fully saturated rings. The summed E-state index contributed by atoms with van der Waals surface area (Å²) in [7, 11) is 2.88. The molecule has 184 valence electrons. The Bertz CT molecular complexity index is 1250. The van der Waals surface area contributed by atoms with Gasteiger partial charge in [0.1, 0.15) is 5.75 Å². The number of nitrogens with zero attached hydrogens (tertiary/aromatic N) is 1. The van der Waals surface area contributed by atoms with Crippen LogP contribution in [0.1, 0.15) is 34.3 Å². The van der Waals surface area contributed by atoms with E-state index in [4.69, 9.17) is 5.73 Å². The second kappa shape index (κ2) is 8.07. The molecule has 0 radical (unpaired) electrons. The van der Waals surface area contributed by atoms with Crippen LogP contribution >= 0.6 is 0 Å². The van der Waals surface area contributed by atoms with E-state index in [1.165, 1.54) is 37.2 Å². The molecule has 4 rings (SSSR count). The number of aliphatic hydroxyl groups is 2. The first-order chi connectivity index (χ1) is 16.3. The van der Waals surface area contributed by atoms with E-state index in [0.717, 1.165) is 0 Å². The molecule has 35 heavy (non-hydrogen) atoms. The lowest BCUT2D eigenvalue weighted by Crippen LogP contribution is -2.77. The Morgan fingerprint density at radius 3 is 2.37 bits per heavy atom. The van der Waals surface area contributed by atoms with Crippen LogP contribution in [0, 0.1) is 23.7 Å².